The van der Waals surface area contributed by atoms with Crippen LogP contribution in [0.15, 0.2) is 18.2 Å². The largest absolute Gasteiger partial charge is 0.387 e. The molecule has 22 heavy (non-hydrogen) atoms. The Bertz CT molecular complexity index is 439. The molecule has 0 radical (unpaired) electrons. The molecule has 1 rings (SSSR count). The van der Waals surface area contributed by atoms with Crippen LogP contribution < -0.4 is 20.9 Å². The molecule has 0 amide bonds. The Kier molecular flexibility index (Phi) is 8.24. The van der Waals surface area contributed by atoms with Crippen molar-refractivity contribution in [3.8, 4) is 0 Å². The van der Waals surface area contributed by atoms with Crippen LogP contribution >= 0.6 is 0 Å². The zero-order valence-electron chi connectivity index (χ0n) is 14.5. The Morgan fingerprint density at radius 1 is 1.14 bits per heavy atom. The molecule has 0 saturated carbocycles. The first-order chi connectivity index (χ1) is 10.5. The lowest BCUT2D eigenvalue weighted by atomic mass is 10.0. The van der Waals surface area contributed by atoms with Crippen LogP contribution in [-0.4, -0.2) is 45.5 Å². The van der Waals surface area contributed by atoms with Gasteiger partial charge in [-0.2, -0.15) is 0 Å². The van der Waals surface area contributed by atoms with Crippen molar-refractivity contribution in [2.45, 2.75) is 32.8 Å². The highest BCUT2D eigenvalue weighted by atomic mass is 16.3. The average molecular weight is 308 g/mol. The molecular formula is C17H32N4O. The fraction of sp³-hybridized carbons (Fsp3) is 0.647. The topological polar surface area (TPSA) is 64.8 Å². The summed E-state index contributed by atoms with van der Waals surface area (Å²) >= 11 is 0. The van der Waals surface area contributed by atoms with Crippen molar-refractivity contribution in [3.05, 3.63) is 23.8 Å². The summed E-state index contributed by atoms with van der Waals surface area (Å²) < 4.78 is 0. The number of nitrogens with two attached hydrogens (primary N) is 1. The summed E-state index contributed by atoms with van der Waals surface area (Å²) in [6, 6.07) is 6.29. The predicted octanol–water partition coefficient (Wildman–Crippen LogP) is 1.92. The number of aliphatic hydroxyl groups is 1. The van der Waals surface area contributed by atoms with Gasteiger partial charge in [0.1, 0.15) is 0 Å². The van der Waals surface area contributed by atoms with E-state index in [0.717, 1.165) is 37.2 Å². The molecule has 126 valence electrons. The second-order valence-corrected chi connectivity index (χ2v) is 5.76. The summed E-state index contributed by atoms with van der Waals surface area (Å²) in [5, 5.41) is 13.4. The minimum atomic E-state index is -0.552. The first-order valence-corrected chi connectivity index (χ1v) is 8.20. The van der Waals surface area contributed by atoms with E-state index in [1.165, 1.54) is 5.69 Å². The summed E-state index contributed by atoms with van der Waals surface area (Å²) in [5.41, 5.74) is 8.68. The maximum absolute atomic E-state index is 10.4. The van der Waals surface area contributed by atoms with Crippen LogP contribution in [0.5, 0.6) is 0 Å². The maximum Gasteiger partial charge on any atom is 0.0934 e. The Labute approximate surface area is 135 Å². The molecule has 1 atom stereocenters. The molecule has 5 heteroatoms. The van der Waals surface area contributed by atoms with Gasteiger partial charge in [0.05, 0.1) is 6.10 Å². The van der Waals surface area contributed by atoms with Crippen molar-refractivity contribution in [2.24, 2.45) is 5.73 Å². The third kappa shape index (κ3) is 5.16. The fourth-order valence-corrected chi connectivity index (χ4v) is 2.63. The summed E-state index contributed by atoms with van der Waals surface area (Å²) in [7, 11) is 4.18. The van der Waals surface area contributed by atoms with Gasteiger partial charge in [-0.05, 0) is 25.0 Å². The Balaban J connectivity index is 3.08. The van der Waals surface area contributed by atoms with E-state index in [9.17, 15) is 5.11 Å². The second-order valence-electron chi connectivity index (χ2n) is 5.76. The van der Waals surface area contributed by atoms with Gasteiger partial charge in [0.15, 0.2) is 0 Å². The highest BCUT2D eigenvalue weighted by molar-refractivity contribution is 5.64. The average Bonchev–Trinajstić information content (AvgIpc) is 2.52. The zero-order valence-corrected chi connectivity index (χ0v) is 14.5. The van der Waals surface area contributed by atoms with Crippen LogP contribution in [-0.2, 0) is 0 Å². The lowest BCUT2D eigenvalue weighted by Crippen LogP contribution is -2.29. The molecule has 5 nitrogen and oxygen atoms in total. The Morgan fingerprint density at radius 3 is 2.36 bits per heavy atom. The smallest absolute Gasteiger partial charge is 0.0934 e. The third-order valence-electron chi connectivity index (χ3n) is 3.83. The van der Waals surface area contributed by atoms with Crippen molar-refractivity contribution in [1.82, 2.24) is 5.32 Å². The van der Waals surface area contributed by atoms with E-state index in [1.807, 2.05) is 6.07 Å². The molecule has 0 aliphatic carbocycles. The molecule has 1 aromatic rings. The molecular weight excluding hydrogens is 276 g/mol. The van der Waals surface area contributed by atoms with Crippen LogP contribution in [0.4, 0.5) is 11.4 Å². The molecule has 0 saturated heterocycles. The van der Waals surface area contributed by atoms with Crippen molar-refractivity contribution >= 4 is 11.4 Å². The maximum atomic E-state index is 10.4. The van der Waals surface area contributed by atoms with Crippen LogP contribution in [0.25, 0.3) is 0 Å². The molecule has 1 aromatic carbocycles. The van der Waals surface area contributed by atoms with Gasteiger partial charge >= 0.3 is 0 Å². The van der Waals surface area contributed by atoms with Crippen molar-refractivity contribution in [2.75, 3.05) is 50.2 Å². The summed E-state index contributed by atoms with van der Waals surface area (Å²) in [5.74, 6) is 0. The van der Waals surface area contributed by atoms with Crippen LogP contribution in [0.1, 0.15) is 38.4 Å². The van der Waals surface area contributed by atoms with Crippen LogP contribution in [0.2, 0.25) is 0 Å². The molecule has 0 bridgehead atoms. The van der Waals surface area contributed by atoms with Gasteiger partial charge < -0.3 is 26.0 Å². The van der Waals surface area contributed by atoms with E-state index in [2.05, 4.69) is 55.2 Å². The molecule has 0 spiro atoms. The molecule has 0 aromatic heterocycles. The molecule has 1 unspecified atom stereocenters. The van der Waals surface area contributed by atoms with Crippen molar-refractivity contribution < 1.29 is 5.11 Å². The molecule has 0 fully saturated rings. The van der Waals surface area contributed by atoms with Gasteiger partial charge in [-0.1, -0.05) is 19.9 Å². The molecule has 0 aliphatic rings. The molecule has 0 heterocycles. The van der Waals surface area contributed by atoms with Gasteiger partial charge in [0.2, 0.25) is 0 Å². The van der Waals surface area contributed by atoms with Gasteiger partial charge in [-0.15, -0.1) is 0 Å². The van der Waals surface area contributed by atoms with E-state index in [-0.39, 0.29) is 0 Å². The Morgan fingerprint density at radius 2 is 1.77 bits per heavy atom. The third-order valence-corrected chi connectivity index (χ3v) is 3.83. The predicted molar refractivity (Wildman–Crippen MR) is 95.6 cm³/mol. The van der Waals surface area contributed by atoms with Gasteiger partial charge in [0.25, 0.3) is 0 Å². The van der Waals surface area contributed by atoms with Crippen LogP contribution in [0, 0.1) is 0 Å². The summed E-state index contributed by atoms with van der Waals surface area (Å²) in [6.07, 6.45) is 1.63. The highest BCUT2D eigenvalue weighted by Gasteiger charge is 2.16. The minimum absolute atomic E-state index is 0.370. The molecule has 4 N–H and O–H groups in total. The van der Waals surface area contributed by atoms with Crippen molar-refractivity contribution in [1.29, 1.82) is 0 Å². The lowest BCUT2D eigenvalue weighted by Gasteiger charge is -2.27. The SMILES string of the molecule is CCCN(C)c1ccc(C(O)CNCN)c(N(C)CCC)c1. The van der Waals surface area contributed by atoms with Gasteiger partial charge in [-0.25, -0.2) is 0 Å². The quantitative estimate of drug-likeness (QED) is 0.576. The normalized spacial score (nSPS) is 12.3. The number of anilines is 2. The highest BCUT2D eigenvalue weighted by Crippen LogP contribution is 2.30. The first-order valence-electron chi connectivity index (χ1n) is 8.20. The van der Waals surface area contributed by atoms with Crippen molar-refractivity contribution in [3.63, 3.8) is 0 Å². The van der Waals surface area contributed by atoms with E-state index < -0.39 is 6.10 Å². The van der Waals surface area contributed by atoms with Gasteiger partial charge in [-0.3, -0.25) is 0 Å². The Hall–Kier alpha value is -1.30. The fourth-order valence-electron chi connectivity index (χ4n) is 2.63. The number of benzene rings is 1. The number of hydrogen-bond donors (Lipinski definition) is 3. The first kappa shape index (κ1) is 18.7. The number of nitrogens with one attached hydrogen (secondary N) is 1. The number of rotatable bonds is 10. The zero-order chi connectivity index (χ0) is 16.5. The van der Waals surface area contributed by atoms with E-state index in [4.69, 9.17) is 5.73 Å². The number of aliphatic hydroxyl groups excluding tert-OH is 1. The number of hydrogen-bond acceptors (Lipinski definition) is 5. The van der Waals surface area contributed by atoms with Crippen LogP contribution in [0.3, 0.4) is 0 Å². The van der Waals surface area contributed by atoms with E-state index >= 15 is 0 Å². The van der Waals surface area contributed by atoms with E-state index in [1.54, 1.807) is 0 Å². The lowest BCUT2D eigenvalue weighted by molar-refractivity contribution is 0.175. The second kappa shape index (κ2) is 9.66. The minimum Gasteiger partial charge on any atom is -0.387 e. The standard InChI is InChI=1S/C17H32N4O/c1-5-9-20(3)14-7-8-15(17(22)12-19-13-18)16(11-14)21(4)10-6-2/h7-8,11,17,19,22H,5-6,9-10,12-13,18H2,1-4H3. The molecule has 0 aliphatic heterocycles. The monoisotopic (exact) mass is 308 g/mol. The van der Waals surface area contributed by atoms with E-state index in [0.29, 0.717) is 13.2 Å². The summed E-state index contributed by atoms with van der Waals surface area (Å²) in [4.78, 5) is 4.46. The van der Waals surface area contributed by atoms with Gasteiger partial charge in [0, 0.05) is 57.3 Å². The summed E-state index contributed by atoms with van der Waals surface area (Å²) in [6.45, 7) is 7.16. The number of nitrogens with zero attached hydrogens (tertiary/aromatic N) is 2.